The first-order valence-corrected chi connectivity index (χ1v) is 11.1. The smallest absolute Gasteiger partial charge is 0.414 e. The number of hydrogen-bond acceptors (Lipinski definition) is 9. The number of ether oxygens (including phenoxy) is 1. The average molecular weight is 491 g/mol. The first-order chi connectivity index (χ1) is 16.9. The monoisotopic (exact) mass is 490 g/mol. The summed E-state index contributed by atoms with van der Waals surface area (Å²) < 4.78 is 35.5. The van der Waals surface area contributed by atoms with E-state index in [1.807, 2.05) is 6.07 Å². The van der Waals surface area contributed by atoms with E-state index >= 15 is 8.78 Å². The van der Waals surface area contributed by atoms with E-state index in [1.54, 1.807) is 28.2 Å². The molecule has 2 aliphatic heterocycles. The quantitative estimate of drug-likeness (QED) is 0.394. The fourth-order valence-corrected chi connectivity index (χ4v) is 4.12. The normalized spacial score (nSPS) is 19.3. The number of hydrazine groups is 1. The summed E-state index contributed by atoms with van der Waals surface area (Å²) in [5, 5.41) is 12.9. The summed E-state index contributed by atoms with van der Waals surface area (Å²) in [5.41, 5.74) is 5.85. The van der Waals surface area contributed by atoms with Crippen LogP contribution in [-0.2, 0) is 16.1 Å². The van der Waals surface area contributed by atoms with E-state index in [0.717, 1.165) is 12.1 Å². The van der Waals surface area contributed by atoms with Gasteiger partial charge in [0, 0.05) is 49.7 Å². The van der Waals surface area contributed by atoms with Crippen LogP contribution >= 0.6 is 0 Å². The molecular formula is C23H28F2N6O4. The molecule has 0 radical (unpaired) electrons. The third kappa shape index (κ3) is 5.73. The fraction of sp³-hybridized carbons (Fsp3) is 0.348. The lowest BCUT2D eigenvalue weighted by Crippen LogP contribution is -2.36. The first-order valence-electron chi connectivity index (χ1n) is 11.1. The molecule has 2 aliphatic rings. The van der Waals surface area contributed by atoms with Crippen molar-refractivity contribution >= 4 is 17.5 Å². The molecule has 0 aliphatic carbocycles. The van der Waals surface area contributed by atoms with Crippen molar-refractivity contribution in [2.75, 3.05) is 49.1 Å². The van der Waals surface area contributed by atoms with E-state index in [1.165, 1.54) is 22.3 Å². The van der Waals surface area contributed by atoms with Gasteiger partial charge >= 0.3 is 6.09 Å². The predicted octanol–water partition coefficient (Wildman–Crippen LogP) is 1.85. The number of benzene rings is 2. The van der Waals surface area contributed by atoms with Crippen molar-refractivity contribution in [3.8, 4) is 5.75 Å². The van der Waals surface area contributed by atoms with Crippen LogP contribution in [0.3, 0.4) is 0 Å². The number of phenols is 1. The van der Waals surface area contributed by atoms with Crippen molar-refractivity contribution in [2.45, 2.75) is 12.6 Å². The Morgan fingerprint density at radius 3 is 2.63 bits per heavy atom. The molecule has 0 unspecified atom stereocenters. The molecule has 10 nitrogen and oxygen atoms in total. The summed E-state index contributed by atoms with van der Waals surface area (Å²) in [6, 6.07) is 9.15. The average Bonchev–Trinajstić information content (AvgIpc) is 3.01. The Hall–Kier alpha value is -3.61. The number of phenolic OH excluding ortho intramolecular Hbond substituents is 1. The third-order valence-electron chi connectivity index (χ3n) is 5.79. The van der Waals surface area contributed by atoms with Crippen LogP contribution in [0.1, 0.15) is 5.56 Å². The molecule has 0 bridgehead atoms. The molecule has 2 aromatic rings. The van der Waals surface area contributed by atoms with Crippen molar-refractivity contribution < 1.29 is 28.3 Å². The largest absolute Gasteiger partial charge is 0.508 e. The lowest BCUT2D eigenvalue weighted by Gasteiger charge is -2.24. The highest BCUT2D eigenvalue weighted by Gasteiger charge is 2.34. The maximum atomic E-state index is 15.1. The van der Waals surface area contributed by atoms with Crippen LogP contribution < -0.4 is 21.4 Å². The highest BCUT2D eigenvalue weighted by molar-refractivity contribution is 5.90. The van der Waals surface area contributed by atoms with Gasteiger partial charge in [-0.25, -0.2) is 19.4 Å². The molecule has 2 aromatic carbocycles. The number of aromatic hydroxyl groups is 1. The Kier molecular flexibility index (Phi) is 7.54. The van der Waals surface area contributed by atoms with Gasteiger partial charge in [0.1, 0.15) is 17.5 Å². The standard InChI is InChI=1S/C23H28F2N6O4/c24-19-11-17(31-15-18(35-23(31)33)14-29(27)6-5-26)12-20(25)22(19)28-7-8-30(34-10-9-28)13-16-3-1-2-4-21(16)32/h1-6,11-12,18,32H,7-10,13-15,26-27H2/b6-5-/t18-/m0/s1. The molecule has 5 N–H and O–H groups in total. The second kappa shape index (κ2) is 10.8. The van der Waals surface area contributed by atoms with Crippen molar-refractivity contribution in [2.24, 2.45) is 11.6 Å². The molecule has 35 heavy (non-hydrogen) atoms. The Morgan fingerprint density at radius 2 is 1.91 bits per heavy atom. The van der Waals surface area contributed by atoms with Gasteiger partial charge in [-0.3, -0.25) is 9.74 Å². The number of cyclic esters (lactones) is 1. The van der Waals surface area contributed by atoms with E-state index in [2.05, 4.69) is 0 Å². The molecule has 0 spiro atoms. The summed E-state index contributed by atoms with van der Waals surface area (Å²) in [7, 11) is 0. The first kappa shape index (κ1) is 24.5. The van der Waals surface area contributed by atoms with Gasteiger partial charge in [-0.05, 0) is 6.07 Å². The van der Waals surface area contributed by atoms with Crippen LogP contribution in [0.15, 0.2) is 48.8 Å². The number of para-hydroxylation sites is 1. The third-order valence-corrected chi connectivity index (χ3v) is 5.79. The number of nitrogens with zero attached hydrogens (tertiary/aromatic N) is 4. The number of hydroxylamine groups is 2. The summed E-state index contributed by atoms with van der Waals surface area (Å²) in [4.78, 5) is 20.7. The van der Waals surface area contributed by atoms with Crippen molar-refractivity contribution in [3.63, 3.8) is 0 Å². The molecule has 12 heteroatoms. The van der Waals surface area contributed by atoms with E-state index in [4.69, 9.17) is 21.2 Å². The number of carbonyl (C=O) groups excluding carboxylic acids is 1. The number of hydrogen-bond donors (Lipinski definition) is 3. The summed E-state index contributed by atoms with van der Waals surface area (Å²) >= 11 is 0. The highest BCUT2D eigenvalue weighted by atomic mass is 19.1. The molecule has 1 amide bonds. The summed E-state index contributed by atoms with van der Waals surface area (Å²) in [6.45, 7) is 1.73. The number of halogens is 2. The van der Waals surface area contributed by atoms with Gasteiger partial charge in [-0.1, -0.05) is 18.2 Å². The Balaban J connectivity index is 1.43. The van der Waals surface area contributed by atoms with Crippen LogP contribution in [0.4, 0.5) is 25.0 Å². The van der Waals surface area contributed by atoms with Gasteiger partial charge in [0.15, 0.2) is 11.6 Å². The zero-order valence-corrected chi connectivity index (χ0v) is 19.0. The van der Waals surface area contributed by atoms with E-state index in [9.17, 15) is 9.90 Å². The molecule has 188 valence electrons. The summed E-state index contributed by atoms with van der Waals surface area (Å²) in [5.74, 6) is 4.29. The molecule has 2 saturated heterocycles. The van der Waals surface area contributed by atoms with E-state index < -0.39 is 23.8 Å². The maximum Gasteiger partial charge on any atom is 0.414 e. The van der Waals surface area contributed by atoms with Crippen molar-refractivity contribution in [1.29, 1.82) is 0 Å². The number of anilines is 2. The second-order valence-electron chi connectivity index (χ2n) is 8.23. The molecule has 0 saturated carbocycles. The molecular weight excluding hydrogens is 462 g/mol. The van der Waals surface area contributed by atoms with E-state index in [-0.39, 0.29) is 43.4 Å². The minimum absolute atomic E-state index is 0.0569. The number of carbonyl (C=O) groups is 1. The van der Waals surface area contributed by atoms with Gasteiger partial charge in [0.2, 0.25) is 0 Å². The van der Waals surface area contributed by atoms with Gasteiger partial charge in [-0.2, -0.15) is 5.06 Å². The zero-order valence-electron chi connectivity index (χ0n) is 19.0. The van der Waals surface area contributed by atoms with Crippen LogP contribution in [0.2, 0.25) is 0 Å². The van der Waals surface area contributed by atoms with Gasteiger partial charge < -0.3 is 25.5 Å². The Labute approximate surface area is 201 Å². The zero-order chi connectivity index (χ0) is 24.9. The van der Waals surface area contributed by atoms with Crippen LogP contribution in [-0.4, -0.2) is 66.7 Å². The number of nitrogens with two attached hydrogens (primary N) is 2. The van der Waals surface area contributed by atoms with Crippen LogP contribution in [0, 0.1) is 11.6 Å². The van der Waals surface area contributed by atoms with Gasteiger partial charge in [0.05, 0.1) is 31.9 Å². The highest BCUT2D eigenvalue weighted by Crippen LogP contribution is 2.31. The molecule has 0 aromatic heterocycles. The van der Waals surface area contributed by atoms with Crippen molar-refractivity contribution in [1.82, 2.24) is 10.1 Å². The van der Waals surface area contributed by atoms with Crippen molar-refractivity contribution in [3.05, 3.63) is 66.0 Å². The van der Waals surface area contributed by atoms with Gasteiger partial charge in [0.25, 0.3) is 0 Å². The Morgan fingerprint density at radius 1 is 1.17 bits per heavy atom. The topological polar surface area (TPSA) is 121 Å². The van der Waals surface area contributed by atoms with Crippen LogP contribution in [0.5, 0.6) is 5.75 Å². The van der Waals surface area contributed by atoms with Gasteiger partial charge in [-0.15, -0.1) is 0 Å². The number of rotatable bonds is 7. The lowest BCUT2D eigenvalue weighted by atomic mass is 10.2. The molecule has 1 atom stereocenters. The summed E-state index contributed by atoms with van der Waals surface area (Å²) in [6.07, 6.45) is 1.36. The Bertz CT molecular complexity index is 1060. The molecule has 2 fully saturated rings. The van der Waals surface area contributed by atoms with E-state index in [0.29, 0.717) is 25.2 Å². The maximum absolute atomic E-state index is 15.1. The molecule has 4 rings (SSSR count). The predicted molar refractivity (Wildman–Crippen MR) is 125 cm³/mol. The second-order valence-corrected chi connectivity index (χ2v) is 8.23. The minimum atomic E-state index is -0.795. The molecule has 2 heterocycles. The fourth-order valence-electron chi connectivity index (χ4n) is 4.12. The lowest BCUT2D eigenvalue weighted by molar-refractivity contribution is -0.155. The minimum Gasteiger partial charge on any atom is -0.508 e. The SMILES string of the molecule is N/C=C\N(N)C[C@H]1CN(c2cc(F)c(N3CCON(Cc4ccccc4O)CC3)c(F)c2)C(=O)O1. The van der Waals surface area contributed by atoms with Crippen LogP contribution in [0.25, 0.3) is 0 Å². The number of amides is 1.